The fourth-order valence-electron chi connectivity index (χ4n) is 3.89. The van der Waals surface area contributed by atoms with E-state index in [-0.39, 0.29) is 22.3 Å². The average molecular weight is 585 g/mol. The highest BCUT2D eigenvalue weighted by atomic mass is 35.5. The summed E-state index contributed by atoms with van der Waals surface area (Å²) in [7, 11) is 0. The summed E-state index contributed by atoms with van der Waals surface area (Å²) >= 11 is 12.5. The molecule has 1 aromatic heterocycles. The Labute approximate surface area is 242 Å². The van der Waals surface area contributed by atoms with Crippen LogP contribution in [0.2, 0.25) is 10.0 Å². The number of non-ortho nitro benzene ring substituents is 1. The van der Waals surface area contributed by atoms with Crippen LogP contribution in [0.4, 0.5) is 5.69 Å². The van der Waals surface area contributed by atoms with E-state index in [2.05, 4.69) is 10.1 Å². The Kier molecular flexibility index (Phi) is 8.00. The third kappa shape index (κ3) is 6.22. The molecular formula is C30H18Cl2N4O5. The Morgan fingerprint density at radius 2 is 1.71 bits per heavy atom. The molecule has 0 unspecified atom stereocenters. The number of carbonyl (C=O) groups is 1. The molecule has 0 aliphatic heterocycles. The number of halogens is 2. The number of nitrogens with zero attached hydrogens (tertiary/aromatic N) is 4. The maximum atomic E-state index is 13.5. The molecule has 0 aliphatic rings. The molecule has 5 aromatic rings. The molecule has 0 amide bonds. The number of ether oxygens (including phenoxy) is 1. The van der Waals surface area contributed by atoms with Gasteiger partial charge >= 0.3 is 5.97 Å². The largest absolute Gasteiger partial charge is 0.423 e. The zero-order valence-electron chi connectivity index (χ0n) is 21.0. The number of nitro groups is 1. The van der Waals surface area contributed by atoms with E-state index in [1.807, 2.05) is 0 Å². The predicted octanol–water partition coefficient (Wildman–Crippen LogP) is 6.78. The van der Waals surface area contributed by atoms with Gasteiger partial charge in [0.05, 0.1) is 27.1 Å². The van der Waals surface area contributed by atoms with Gasteiger partial charge < -0.3 is 4.74 Å². The van der Waals surface area contributed by atoms with Crippen LogP contribution in [0.5, 0.6) is 5.75 Å². The van der Waals surface area contributed by atoms with Crippen LogP contribution in [0.3, 0.4) is 0 Å². The molecule has 202 valence electrons. The van der Waals surface area contributed by atoms with Crippen LogP contribution in [-0.2, 0) is 4.79 Å². The van der Waals surface area contributed by atoms with Crippen molar-refractivity contribution in [1.29, 1.82) is 0 Å². The summed E-state index contributed by atoms with van der Waals surface area (Å²) in [5, 5.41) is 16.3. The lowest BCUT2D eigenvalue weighted by atomic mass is 10.2. The van der Waals surface area contributed by atoms with E-state index in [0.29, 0.717) is 32.6 Å². The number of hydrogen-bond donors (Lipinski definition) is 0. The van der Waals surface area contributed by atoms with Crippen LogP contribution in [0.1, 0.15) is 11.1 Å². The number of fused-ring (bicyclic) bond motifs is 1. The van der Waals surface area contributed by atoms with Gasteiger partial charge in [-0.05, 0) is 66.2 Å². The number of aromatic nitrogens is 2. The van der Waals surface area contributed by atoms with Gasteiger partial charge in [0.1, 0.15) is 5.75 Å². The van der Waals surface area contributed by atoms with Gasteiger partial charge in [-0.3, -0.25) is 14.9 Å². The van der Waals surface area contributed by atoms with Gasteiger partial charge in [-0.15, -0.1) is 0 Å². The molecule has 9 nitrogen and oxygen atoms in total. The van der Waals surface area contributed by atoms with Crippen molar-refractivity contribution in [2.75, 3.05) is 0 Å². The Balaban J connectivity index is 1.47. The number of carbonyl (C=O) groups excluding carboxylic acids is 1. The second kappa shape index (κ2) is 12.0. The molecule has 11 heteroatoms. The second-order valence-corrected chi connectivity index (χ2v) is 9.42. The highest BCUT2D eigenvalue weighted by Gasteiger charge is 2.16. The molecule has 0 bridgehead atoms. The van der Waals surface area contributed by atoms with Crippen molar-refractivity contribution in [3.8, 4) is 17.1 Å². The molecule has 0 saturated heterocycles. The van der Waals surface area contributed by atoms with E-state index >= 15 is 0 Å². The maximum absolute atomic E-state index is 13.5. The minimum absolute atomic E-state index is 0.0554. The molecule has 0 fully saturated rings. The third-order valence-corrected chi connectivity index (χ3v) is 6.43. The molecule has 0 aliphatic carbocycles. The molecular weight excluding hydrogens is 567 g/mol. The van der Waals surface area contributed by atoms with E-state index in [4.69, 9.17) is 27.9 Å². The quantitative estimate of drug-likeness (QED) is 0.0519. The molecule has 0 N–H and O–H groups in total. The smallest absolute Gasteiger partial charge is 0.336 e. The summed E-state index contributed by atoms with van der Waals surface area (Å²) in [5.41, 5.74) is 1.44. The van der Waals surface area contributed by atoms with E-state index < -0.39 is 16.5 Å². The van der Waals surface area contributed by atoms with Crippen molar-refractivity contribution in [3.05, 3.63) is 139 Å². The lowest BCUT2D eigenvalue weighted by Gasteiger charge is -2.11. The van der Waals surface area contributed by atoms with Crippen molar-refractivity contribution in [2.24, 2.45) is 5.10 Å². The minimum Gasteiger partial charge on any atom is -0.423 e. The van der Waals surface area contributed by atoms with Crippen molar-refractivity contribution in [1.82, 2.24) is 9.66 Å². The van der Waals surface area contributed by atoms with Crippen LogP contribution in [0, 0.1) is 10.1 Å². The van der Waals surface area contributed by atoms with E-state index in [0.717, 1.165) is 4.68 Å². The fourth-order valence-corrected chi connectivity index (χ4v) is 4.38. The first-order valence-corrected chi connectivity index (χ1v) is 12.8. The first-order valence-electron chi connectivity index (χ1n) is 12.0. The van der Waals surface area contributed by atoms with Gasteiger partial charge in [-0.2, -0.15) is 9.78 Å². The molecule has 1 heterocycles. The number of para-hydroxylation sites is 2. The molecule has 0 spiro atoms. The first-order chi connectivity index (χ1) is 19.8. The minimum atomic E-state index is -0.678. The van der Waals surface area contributed by atoms with Gasteiger partial charge in [0.25, 0.3) is 11.2 Å². The van der Waals surface area contributed by atoms with Crippen molar-refractivity contribution in [3.63, 3.8) is 0 Å². The Morgan fingerprint density at radius 1 is 0.976 bits per heavy atom. The lowest BCUT2D eigenvalue weighted by molar-refractivity contribution is -0.384. The number of benzene rings is 4. The SMILES string of the molecule is O=C(/C=C/c1ccc([N+](=O)[O-])cc1)Oc1ccccc1C=Nn1c(-c2ccc(Cl)cc2Cl)nc2ccccc2c1=O. The summed E-state index contributed by atoms with van der Waals surface area (Å²) in [4.78, 5) is 41.0. The summed E-state index contributed by atoms with van der Waals surface area (Å²) in [6.07, 6.45) is 4.06. The van der Waals surface area contributed by atoms with E-state index in [9.17, 15) is 19.7 Å². The monoisotopic (exact) mass is 584 g/mol. The second-order valence-electron chi connectivity index (χ2n) is 8.58. The predicted molar refractivity (Wildman–Crippen MR) is 159 cm³/mol. The van der Waals surface area contributed by atoms with Crippen LogP contribution in [0.25, 0.3) is 28.4 Å². The van der Waals surface area contributed by atoms with Gasteiger partial charge in [0.15, 0.2) is 5.82 Å². The summed E-state index contributed by atoms with van der Waals surface area (Å²) in [6.45, 7) is 0. The van der Waals surface area contributed by atoms with Crippen LogP contribution < -0.4 is 10.3 Å². The molecule has 0 atom stereocenters. The average Bonchev–Trinajstić information content (AvgIpc) is 2.96. The van der Waals surface area contributed by atoms with Crippen LogP contribution in [-0.4, -0.2) is 26.8 Å². The van der Waals surface area contributed by atoms with Gasteiger partial charge in [-0.1, -0.05) is 47.5 Å². The summed E-state index contributed by atoms with van der Waals surface area (Å²) < 4.78 is 6.63. The summed E-state index contributed by atoms with van der Waals surface area (Å²) in [5.74, 6) is -0.281. The van der Waals surface area contributed by atoms with Crippen molar-refractivity contribution < 1.29 is 14.5 Å². The number of nitro benzene ring substituents is 1. The number of esters is 1. The lowest BCUT2D eigenvalue weighted by Crippen LogP contribution is -2.20. The normalized spacial score (nSPS) is 11.4. The Hall–Kier alpha value is -5.12. The Bertz CT molecular complexity index is 1920. The van der Waals surface area contributed by atoms with Gasteiger partial charge in [0.2, 0.25) is 0 Å². The van der Waals surface area contributed by atoms with Gasteiger partial charge in [-0.25, -0.2) is 9.78 Å². The zero-order chi connectivity index (χ0) is 28.9. The third-order valence-electron chi connectivity index (χ3n) is 5.88. The topological polar surface area (TPSA) is 117 Å². The fraction of sp³-hybridized carbons (Fsp3) is 0. The highest BCUT2D eigenvalue weighted by molar-refractivity contribution is 6.36. The molecule has 41 heavy (non-hydrogen) atoms. The van der Waals surface area contributed by atoms with E-state index in [1.54, 1.807) is 66.7 Å². The number of hydrogen-bond acceptors (Lipinski definition) is 7. The Morgan fingerprint density at radius 3 is 2.46 bits per heavy atom. The number of rotatable bonds is 7. The molecule has 4 aromatic carbocycles. The van der Waals surface area contributed by atoms with E-state index in [1.165, 1.54) is 42.6 Å². The summed E-state index contributed by atoms with van der Waals surface area (Å²) in [6, 6.07) is 24.1. The highest BCUT2D eigenvalue weighted by Crippen LogP contribution is 2.29. The molecule has 5 rings (SSSR count). The standard InChI is InChI=1S/C30H18Cl2N4O5/c31-21-12-15-23(25(32)17-21)29-34-26-7-3-2-6-24(26)30(38)35(29)33-18-20-5-1-4-8-27(20)41-28(37)16-11-19-9-13-22(14-10-19)36(39)40/h1-18H/b16-11+,33-18?. The first kappa shape index (κ1) is 27.4. The molecule has 0 radical (unpaired) electrons. The van der Waals surface area contributed by atoms with Crippen LogP contribution >= 0.6 is 23.2 Å². The van der Waals surface area contributed by atoms with Crippen LogP contribution in [0.15, 0.2) is 107 Å². The van der Waals surface area contributed by atoms with Crippen molar-refractivity contribution in [2.45, 2.75) is 0 Å². The molecule has 0 saturated carbocycles. The van der Waals surface area contributed by atoms with Crippen molar-refractivity contribution >= 4 is 58.1 Å². The zero-order valence-corrected chi connectivity index (χ0v) is 22.5. The maximum Gasteiger partial charge on any atom is 0.336 e. The van der Waals surface area contributed by atoms with Gasteiger partial charge in [0, 0.05) is 34.4 Å².